The molecule has 2 unspecified atom stereocenters. The second-order valence-corrected chi connectivity index (χ2v) is 12.4. The van der Waals surface area contributed by atoms with Gasteiger partial charge in [0.2, 0.25) is 11.8 Å². The van der Waals surface area contributed by atoms with Crippen molar-refractivity contribution < 1.29 is 23.5 Å². The average molecular weight is 704 g/mol. The number of halogens is 1. The number of rotatable bonds is 9. The summed E-state index contributed by atoms with van der Waals surface area (Å²) < 4.78 is 29.9. The van der Waals surface area contributed by atoms with Crippen LogP contribution in [0.1, 0.15) is 17.6 Å². The van der Waals surface area contributed by atoms with Crippen LogP contribution in [0.4, 0.5) is 15.8 Å². The first kappa shape index (κ1) is 32.9. The number of imidazole rings is 2. The lowest BCUT2D eigenvalue weighted by Crippen LogP contribution is -2.40. The van der Waals surface area contributed by atoms with Crippen LogP contribution >= 0.6 is 0 Å². The third-order valence-electron chi connectivity index (χ3n) is 9.32. The Hall–Kier alpha value is -7.26. The molecule has 0 aliphatic rings. The molecule has 0 aliphatic carbocycles. The number of methoxy groups -OCH3 is 2. The van der Waals surface area contributed by atoms with Crippen molar-refractivity contribution in [3.63, 3.8) is 0 Å². The molecule has 8 rings (SSSR count). The van der Waals surface area contributed by atoms with Gasteiger partial charge in [0.1, 0.15) is 41.0 Å². The lowest BCUT2D eigenvalue weighted by atomic mass is 10.0. The van der Waals surface area contributed by atoms with Crippen LogP contribution in [-0.2, 0) is 9.59 Å². The van der Waals surface area contributed by atoms with Crippen molar-refractivity contribution in [1.29, 1.82) is 5.26 Å². The third kappa shape index (κ3) is 5.80. The lowest BCUT2D eigenvalue weighted by Gasteiger charge is -2.29. The first-order chi connectivity index (χ1) is 25.9. The first-order valence-electron chi connectivity index (χ1n) is 16.6. The topological polar surface area (TPSA) is 136 Å². The van der Waals surface area contributed by atoms with E-state index in [9.17, 15) is 14.9 Å². The van der Waals surface area contributed by atoms with E-state index < -0.39 is 29.7 Å². The van der Waals surface area contributed by atoms with Gasteiger partial charge in [0.05, 0.1) is 49.0 Å². The van der Waals surface area contributed by atoms with E-state index in [2.05, 4.69) is 26.7 Å². The molecule has 260 valence electrons. The summed E-state index contributed by atoms with van der Waals surface area (Å²) in [6, 6.07) is 30.7. The number of amides is 2. The summed E-state index contributed by atoms with van der Waals surface area (Å²) in [5.74, 6) is -0.914. The quantitative estimate of drug-likeness (QED) is 0.157. The zero-order chi connectivity index (χ0) is 36.6. The molecule has 0 spiro atoms. The molecular weight excluding hydrogens is 673 g/mol. The average Bonchev–Trinajstić information content (AvgIpc) is 3.81. The molecule has 2 heterocycles. The second-order valence-electron chi connectivity index (χ2n) is 12.4. The summed E-state index contributed by atoms with van der Waals surface area (Å²) >= 11 is 0. The van der Waals surface area contributed by atoms with Gasteiger partial charge in [0, 0.05) is 34.3 Å². The highest BCUT2D eigenvalue weighted by Crippen LogP contribution is 2.37. The van der Waals surface area contributed by atoms with Crippen LogP contribution in [0.3, 0.4) is 0 Å². The maximum atomic E-state index is 15.8. The Morgan fingerprint density at radius 1 is 0.679 bits per heavy atom. The Labute approximate surface area is 301 Å². The number of hydrogen-bond acceptors (Lipinski definition) is 7. The third-order valence-corrected chi connectivity index (χ3v) is 9.32. The van der Waals surface area contributed by atoms with Crippen molar-refractivity contribution in [2.75, 3.05) is 24.9 Å². The number of anilines is 2. The molecule has 12 heteroatoms. The van der Waals surface area contributed by atoms with Crippen LogP contribution in [0.5, 0.6) is 11.5 Å². The van der Waals surface area contributed by atoms with E-state index in [-0.39, 0.29) is 16.6 Å². The van der Waals surface area contributed by atoms with Gasteiger partial charge < -0.3 is 29.2 Å². The zero-order valence-corrected chi connectivity index (χ0v) is 28.4. The Morgan fingerprint density at radius 3 is 1.70 bits per heavy atom. The van der Waals surface area contributed by atoms with Gasteiger partial charge in [-0.25, -0.2) is 14.4 Å². The van der Waals surface area contributed by atoms with Gasteiger partial charge in [-0.1, -0.05) is 60.7 Å². The Kier molecular flexibility index (Phi) is 8.36. The van der Waals surface area contributed by atoms with Crippen LogP contribution < -0.4 is 20.1 Å². The van der Waals surface area contributed by atoms with Gasteiger partial charge in [-0.15, -0.1) is 0 Å². The summed E-state index contributed by atoms with van der Waals surface area (Å²) in [7, 11) is 3.08. The number of fused-ring (bicyclic) bond motifs is 4. The minimum Gasteiger partial charge on any atom is -0.496 e. The second kappa shape index (κ2) is 13.5. The van der Waals surface area contributed by atoms with Gasteiger partial charge in [-0.2, -0.15) is 5.26 Å². The molecule has 2 aromatic heterocycles. The van der Waals surface area contributed by atoms with Crippen LogP contribution in [0.15, 0.2) is 122 Å². The van der Waals surface area contributed by atoms with Crippen molar-refractivity contribution in [3.8, 4) is 17.6 Å². The first-order valence-corrected chi connectivity index (χ1v) is 16.6. The Bertz CT molecular complexity index is 2770. The predicted octanol–water partition coefficient (Wildman–Crippen LogP) is 7.78. The van der Waals surface area contributed by atoms with Gasteiger partial charge in [0.15, 0.2) is 0 Å². The molecule has 2 amide bonds. The highest BCUT2D eigenvalue weighted by Gasteiger charge is 2.40. The van der Waals surface area contributed by atoms with E-state index >= 15 is 4.39 Å². The number of carbonyl (C=O) groups excluding carboxylic acids is 2. The van der Waals surface area contributed by atoms with Crippen molar-refractivity contribution in [2.24, 2.45) is 0 Å². The Balaban J connectivity index is 1.34. The number of nitriles is 1. The fourth-order valence-corrected chi connectivity index (χ4v) is 6.96. The van der Waals surface area contributed by atoms with Crippen LogP contribution in [0.25, 0.3) is 43.6 Å². The maximum Gasteiger partial charge on any atom is 0.250 e. The molecule has 53 heavy (non-hydrogen) atoms. The monoisotopic (exact) mass is 703 g/mol. The molecule has 2 N–H and O–H groups in total. The molecule has 2 atom stereocenters. The molecule has 0 fully saturated rings. The summed E-state index contributed by atoms with van der Waals surface area (Å²) in [5, 5.41) is 19.4. The summed E-state index contributed by atoms with van der Waals surface area (Å²) in [6.07, 6.45) is 2.74. The lowest BCUT2D eigenvalue weighted by molar-refractivity contribution is -0.127. The number of ether oxygens (including phenoxy) is 2. The van der Waals surface area contributed by atoms with E-state index in [1.165, 1.54) is 48.1 Å². The van der Waals surface area contributed by atoms with E-state index in [4.69, 9.17) is 9.47 Å². The van der Waals surface area contributed by atoms with Gasteiger partial charge >= 0.3 is 0 Å². The van der Waals surface area contributed by atoms with E-state index in [0.717, 1.165) is 21.5 Å². The fraction of sp³-hybridized carbons (Fsp3) is 0.0976. The smallest absolute Gasteiger partial charge is 0.250 e. The number of aromatic nitrogens is 4. The molecule has 0 saturated carbocycles. The SMILES string of the molecule is COc1cc(NC(=O)C(C(C(=O)Nc2cc(OC)c3ccccc3c2)n2cnc3cccc(C#N)c32)n2cnc3cccc(F)c32)cc2ccccc12. The normalized spacial score (nSPS) is 12.4. The standard InChI is InChI=1S/C41H30FN7O4/c1-52-34-19-27(17-24-9-3-5-12-29(24)34)46-40(50)38(48-22-44-32-15-7-11-26(21-43)36(32)48)39(49-23-45-33-16-8-14-31(42)37(33)49)41(51)47-28-18-25-10-4-6-13-30(25)35(20-28)53-2/h3-20,22-23,38-39H,1-2H3,(H,46,50)(H,47,51). The largest absolute Gasteiger partial charge is 0.496 e. The minimum atomic E-state index is -1.49. The predicted molar refractivity (Wildman–Crippen MR) is 200 cm³/mol. The molecular formula is C41H30FN7O4. The number of benzene rings is 6. The summed E-state index contributed by atoms with van der Waals surface area (Å²) in [6.45, 7) is 0. The van der Waals surface area contributed by atoms with Crippen LogP contribution in [-0.4, -0.2) is 45.1 Å². The zero-order valence-electron chi connectivity index (χ0n) is 28.4. The highest BCUT2D eigenvalue weighted by atomic mass is 19.1. The number of nitrogens with one attached hydrogen (secondary N) is 2. The van der Waals surface area contributed by atoms with E-state index in [1.807, 2.05) is 48.5 Å². The summed E-state index contributed by atoms with van der Waals surface area (Å²) in [5.41, 5.74) is 2.04. The van der Waals surface area contributed by atoms with Crippen molar-refractivity contribution in [3.05, 3.63) is 133 Å². The van der Waals surface area contributed by atoms with Crippen molar-refractivity contribution in [2.45, 2.75) is 12.1 Å². The highest BCUT2D eigenvalue weighted by molar-refractivity contribution is 6.05. The fourth-order valence-electron chi connectivity index (χ4n) is 6.96. The number of carbonyl (C=O) groups is 2. The van der Waals surface area contributed by atoms with Gasteiger partial charge in [0.25, 0.3) is 0 Å². The Morgan fingerprint density at radius 2 is 1.17 bits per heavy atom. The van der Waals surface area contributed by atoms with Crippen LogP contribution in [0.2, 0.25) is 0 Å². The number of hydrogen-bond donors (Lipinski definition) is 2. The summed E-state index contributed by atoms with van der Waals surface area (Å²) in [4.78, 5) is 38.8. The molecule has 0 saturated heterocycles. The van der Waals surface area contributed by atoms with E-state index in [1.54, 1.807) is 48.5 Å². The minimum absolute atomic E-state index is 0.0128. The van der Waals surface area contributed by atoms with Crippen molar-refractivity contribution in [1.82, 2.24) is 19.1 Å². The number of nitrogens with zero attached hydrogens (tertiary/aromatic N) is 5. The number of para-hydroxylation sites is 2. The maximum absolute atomic E-state index is 15.8. The molecule has 0 aliphatic heterocycles. The molecule has 0 bridgehead atoms. The van der Waals surface area contributed by atoms with E-state index in [0.29, 0.717) is 33.9 Å². The van der Waals surface area contributed by atoms with Gasteiger partial charge in [-0.05, 0) is 47.2 Å². The molecule has 0 radical (unpaired) electrons. The molecule has 8 aromatic rings. The van der Waals surface area contributed by atoms with Crippen LogP contribution in [0, 0.1) is 17.1 Å². The van der Waals surface area contributed by atoms with Crippen molar-refractivity contribution >= 4 is 66.8 Å². The van der Waals surface area contributed by atoms with Gasteiger partial charge in [-0.3, -0.25) is 9.59 Å². The molecule has 6 aromatic carbocycles. The molecule has 11 nitrogen and oxygen atoms in total.